The molecular formula is C25H39ClN7O2+. The van der Waals surface area contributed by atoms with Crippen molar-refractivity contribution < 1.29 is 9.47 Å². The van der Waals surface area contributed by atoms with Crippen molar-refractivity contribution in [2.75, 3.05) is 52.1 Å². The van der Waals surface area contributed by atoms with Crippen LogP contribution in [0.4, 0.5) is 23.5 Å². The summed E-state index contributed by atoms with van der Waals surface area (Å²) in [7, 11) is 6.09. The number of aromatic nitrogens is 3. The molecule has 10 heteroatoms. The summed E-state index contributed by atoms with van der Waals surface area (Å²) in [5.74, 6) is 1.97. The minimum absolute atomic E-state index is 0.133. The molecule has 1 aliphatic carbocycles. The molecule has 3 N–H and O–H groups in total. The predicted molar refractivity (Wildman–Crippen MR) is 141 cm³/mol. The average Bonchev–Trinajstić information content (AvgIpc) is 3.13. The summed E-state index contributed by atoms with van der Waals surface area (Å²) in [6.07, 6.45) is 9.75. The third-order valence-electron chi connectivity index (χ3n) is 7.62. The Hall–Kier alpha value is -2.20. The minimum Gasteiger partial charge on any atom is -0.466 e. The summed E-state index contributed by atoms with van der Waals surface area (Å²) in [4.78, 5) is 16.5. The maximum atomic E-state index is 6.39. The van der Waals surface area contributed by atoms with Crippen LogP contribution in [0.1, 0.15) is 51.4 Å². The van der Waals surface area contributed by atoms with Crippen LogP contribution in [-0.4, -0.2) is 73.0 Å². The molecule has 1 aliphatic heterocycles. The van der Waals surface area contributed by atoms with Crippen LogP contribution in [0.5, 0.6) is 5.75 Å². The maximum Gasteiger partial charge on any atom is 0.335 e. The lowest BCUT2D eigenvalue weighted by Crippen LogP contribution is -2.63. The second-order valence-corrected chi connectivity index (χ2v) is 10.4. The molecule has 1 unspecified atom stereocenters. The SMILES string of the molecule is COCOc1ccc(Nc2nc(N)nc([N+](C)(C3CCCCCC3)C3CCN(C)CC3)n2)cc1Cl. The molecule has 35 heavy (non-hydrogen) atoms. The topological polar surface area (TPSA) is 98.4 Å². The fourth-order valence-corrected chi connectivity index (χ4v) is 5.78. The number of nitrogens with two attached hydrogens (primary N) is 1. The summed E-state index contributed by atoms with van der Waals surface area (Å²) in [5, 5.41) is 3.75. The molecule has 2 aliphatic rings. The van der Waals surface area contributed by atoms with Crippen molar-refractivity contribution in [3.8, 4) is 5.75 Å². The zero-order valence-corrected chi connectivity index (χ0v) is 21.9. The van der Waals surface area contributed by atoms with E-state index in [2.05, 4.69) is 29.3 Å². The van der Waals surface area contributed by atoms with E-state index < -0.39 is 0 Å². The first-order valence-corrected chi connectivity index (χ1v) is 13.0. The molecule has 0 amide bonds. The number of nitrogens with zero attached hydrogens (tertiary/aromatic N) is 5. The fourth-order valence-electron chi connectivity index (χ4n) is 5.55. The monoisotopic (exact) mass is 504 g/mol. The number of hydrogen-bond donors (Lipinski definition) is 2. The Morgan fingerprint density at radius 2 is 1.74 bits per heavy atom. The molecule has 2 aromatic rings. The number of hydrogen-bond acceptors (Lipinski definition) is 8. The number of piperidine rings is 1. The van der Waals surface area contributed by atoms with Gasteiger partial charge in [-0.25, -0.2) is 0 Å². The van der Waals surface area contributed by atoms with E-state index in [-0.39, 0.29) is 12.7 Å². The lowest BCUT2D eigenvalue weighted by molar-refractivity contribution is 0.0512. The molecule has 9 nitrogen and oxygen atoms in total. The number of benzene rings is 1. The van der Waals surface area contributed by atoms with Crippen molar-refractivity contribution in [1.29, 1.82) is 0 Å². The standard InChI is InChI=1S/C25H39ClN7O2/c1-32-14-12-20(13-15-32)33(2,19-8-6-4-5-7-9-19)25-30-23(27)29-24(31-25)28-18-10-11-22(21(26)16-18)35-17-34-3/h10-11,16,19-20H,4-9,12-15,17H2,1-3H3,(H3,27,28,29,30,31)/q+1. The van der Waals surface area contributed by atoms with E-state index in [0.717, 1.165) is 42.0 Å². The summed E-state index contributed by atoms with van der Waals surface area (Å²) >= 11 is 6.39. The number of quaternary nitrogens is 1. The third-order valence-corrected chi connectivity index (χ3v) is 7.92. The Bertz CT molecular complexity index is 978. The van der Waals surface area contributed by atoms with Crippen LogP contribution in [0.3, 0.4) is 0 Å². The Kier molecular flexibility index (Phi) is 8.64. The highest BCUT2D eigenvalue weighted by Crippen LogP contribution is 2.37. The fraction of sp³-hybridized carbons (Fsp3) is 0.640. The van der Waals surface area contributed by atoms with Crippen LogP contribution >= 0.6 is 11.6 Å². The van der Waals surface area contributed by atoms with Gasteiger partial charge in [-0.3, -0.25) is 4.48 Å². The van der Waals surface area contributed by atoms with Gasteiger partial charge in [0, 0.05) is 38.7 Å². The number of halogens is 1. The smallest absolute Gasteiger partial charge is 0.335 e. The van der Waals surface area contributed by atoms with Gasteiger partial charge in [-0.2, -0.15) is 4.98 Å². The van der Waals surface area contributed by atoms with E-state index in [9.17, 15) is 0 Å². The predicted octanol–water partition coefficient (Wildman–Crippen LogP) is 4.59. The zero-order chi connectivity index (χ0) is 24.8. The molecule has 1 saturated carbocycles. The van der Waals surface area contributed by atoms with Gasteiger partial charge in [0.1, 0.15) is 5.75 Å². The number of likely N-dealkylation sites (tertiary alicyclic amines) is 1. The van der Waals surface area contributed by atoms with Gasteiger partial charge in [0.2, 0.25) is 11.9 Å². The van der Waals surface area contributed by atoms with E-state index in [4.69, 9.17) is 36.8 Å². The second kappa shape index (κ2) is 11.7. The molecule has 1 aromatic carbocycles. The molecular weight excluding hydrogens is 466 g/mol. The molecule has 2 heterocycles. The third kappa shape index (κ3) is 6.14. The average molecular weight is 505 g/mol. The van der Waals surface area contributed by atoms with Gasteiger partial charge >= 0.3 is 5.95 Å². The lowest BCUT2D eigenvalue weighted by atomic mass is 9.95. The summed E-state index contributed by atoms with van der Waals surface area (Å²) < 4.78 is 11.2. The van der Waals surface area contributed by atoms with Gasteiger partial charge in [0.25, 0.3) is 0 Å². The van der Waals surface area contributed by atoms with Crippen molar-refractivity contribution in [3.05, 3.63) is 23.2 Å². The van der Waals surface area contributed by atoms with Gasteiger partial charge in [-0.1, -0.05) is 24.4 Å². The normalized spacial score (nSPS) is 20.2. The first-order valence-electron chi connectivity index (χ1n) is 12.6. The van der Waals surface area contributed by atoms with E-state index in [1.807, 2.05) is 6.07 Å². The van der Waals surface area contributed by atoms with Crippen molar-refractivity contribution in [2.45, 2.75) is 63.5 Å². The van der Waals surface area contributed by atoms with Gasteiger partial charge < -0.3 is 25.4 Å². The van der Waals surface area contributed by atoms with E-state index in [1.54, 1.807) is 19.2 Å². The van der Waals surface area contributed by atoms with Gasteiger partial charge in [0.15, 0.2) is 6.79 Å². The number of rotatable bonds is 8. The van der Waals surface area contributed by atoms with Crippen LogP contribution in [0, 0.1) is 0 Å². The Morgan fingerprint density at radius 1 is 1.06 bits per heavy atom. The molecule has 2 fully saturated rings. The number of nitrogen functional groups attached to an aromatic ring is 1. The van der Waals surface area contributed by atoms with Gasteiger partial charge in [-0.15, -0.1) is 9.97 Å². The largest absolute Gasteiger partial charge is 0.466 e. The maximum absolute atomic E-state index is 6.39. The van der Waals surface area contributed by atoms with Crippen LogP contribution in [0.15, 0.2) is 18.2 Å². The van der Waals surface area contributed by atoms with Crippen molar-refractivity contribution in [2.24, 2.45) is 0 Å². The number of anilines is 3. The van der Waals surface area contributed by atoms with Crippen LogP contribution in [0.2, 0.25) is 5.02 Å². The molecule has 1 aromatic heterocycles. The highest BCUT2D eigenvalue weighted by Gasteiger charge is 2.46. The Morgan fingerprint density at radius 3 is 2.40 bits per heavy atom. The summed E-state index contributed by atoms with van der Waals surface area (Å²) in [5.41, 5.74) is 7.00. The first kappa shape index (κ1) is 25.9. The molecule has 1 saturated heterocycles. The lowest BCUT2D eigenvalue weighted by Gasteiger charge is -2.47. The molecule has 4 rings (SSSR count). The molecule has 0 spiro atoms. The second-order valence-electron chi connectivity index (χ2n) is 9.97. The van der Waals surface area contributed by atoms with Crippen LogP contribution in [-0.2, 0) is 4.74 Å². The van der Waals surface area contributed by atoms with Crippen molar-refractivity contribution >= 4 is 35.1 Å². The molecule has 0 radical (unpaired) electrons. The van der Waals surface area contributed by atoms with Crippen molar-refractivity contribution in [3.63, 3.8) is 0 Å². The number of methoxy groups -OCH3 is 1. The van der Waals surface area contributed by atoms with Crippen LogP contribution in [0.25, 0.3) is 0 Å². The van der Waals surface area contributed by atoms with Gasteiger partial charge in [-0.05, 0) is 50.9 Å². The molecule has 192 valence electrons. The number of nitrogens with one attached hydrogen (secondary N) is 1. The van der Waals surface area contributed by atoms with Crippen LogP contribution < -0.4 is 20.3 Å². The summed E-state index contributed by atoms with van der Waals surface area (Å²) in [6, 6.07) is 6.37. The highest BCUT2D eigenvalue weighted by molar-refractivity contribution is 6.32. The first-order chi connectivity index (χ1) is 16.9. The zero-order valence-electron chi connectivity index (χ0n) is 21.2. The van der Waals surface area contributed by atoms with E-state index >= 15 is 0 Å². The van der Waals surface area contributed by atoms with E-state index in [1.165, 1.54) is 38.5 Å². The van der Waals surface area contributed by atoms with Crippen molar-refractivity contribution in [1.82, 2.24) is 24.3 Å². The molecule has 1 atom stereocenters. The van der Waals surface area contributed by atoms with E-state index in [0.29, 0.717) is 28.8 Å². The van der Waals surface area contributed by atoms with Gasteiger partial charge in [0.05, 0.1) is 24.2 Å². The minimum atomic E-state index is 0.133. The molecule has 0 bridgehead atoms. The number of ether oxygens (including phenoxy) is 2. The Labute approximate surface area is 213 Å². The Balaban J connectivity index is 1.64. The highest BCUT2D eigenvalue weighted by atomic mass is 35.5. The quantitative estimate of drug-likeness (QED) is 0.306. The summed E-state index contributed by atoms with van der Waals surface area (Å²) in [6.45, 7) is 2.31.